The molecule has 1 N–H and O–H groups in total. The predicted molar refractivity (Wildman–Crippen MR) is 142 cm³/mol. The zero-order valence-corrected chi connectivity index (χ0v) is 23.5. The summed E-state index contributed by atoms with van der Waals surface area (Å²) in [6.45, 7) is 6.94. The monoisotopic (exact) mass is 575 g/mol. The molecule has 0 aromatic heterocycles. The Bertz CT molecular complexity index is 1230. The summed E-state index contributed by atoms with van der Waals surface area (Å²) in [6.07, 6.45) is -3.86. The molecule has 2 aromatic rings. The molecule has 7 nitrogen and oxygen atoms in total. The van der Waals surface area contributed by atoms with Gasteiger partial charge in [-0.25, -0.2) is 8.42 Å². The number of alkyl halides is 3. The molecule has 1 unspecified atom stereocenters. The summed E-state index contributed by atoms with van der Waals surface area (Å²) in [5.74, 6) is -0.768. The molecule has 0 saturated carbocycles. The zero-order chi connectivity index (χ0) is 28.9. The van der Waals surface area contributed by atoms with E-state index in [0.717, 1.165) is 34.3 Å². The fraction of sp³-hybridized carbons (Fsp3) is 0.462. The molecule has 0 aliphatic carbocycles. The van der Waals surface area contributed by atoms with E-state index in [1.54, 1.807) is 31.2 Å². The third kappa shape index (κ3) is 9.50. The van der Waals surface area contributed by atoms with Crippen LogP contribution in [-0.4, -0.2) is 49.5 Å². The first-order valence-corrected chi connectivity index (χ1v) is 14.1. The van der Waals surface area contributed by atoms with E-state index in [-0.39, 0.29) is 37.5 Å². The average molecular weight is 576 g/mol. The smallest absolute Gasteiger partial charge is 0.350 e. The number of amides is 2. The van der Waals surface area contributed by atoms with E-state index in [4.69, 9.17) is 11.6 Å². The molecule has 0 fully saturated rings. The highest BCUT2D eigenvalue weighted by Gasteiger charge is 2.32. The first kappa shape index (κ1) is 31.4. The van der Waals surface area contributed by atoms with Crippen LogP contribution in [-0.2, 0) is 32.3 Å². The van der Waals surface area contributed by atoms with Gasteiger partial charge in [-0.1, -0.05) is 29.8 Å². The van der Waals surface area contributed by atoms with E-state index in [1.807, 2.05) is 20.8 Å². The van der Waals surface area contributed by atoms with Gasteiger partial charge in [-0.15, -0.1) is 0 Å². The van der Waals surface area contributed by atoms with Crippen LogP contribution in [0.2, 0.25) is 5.02 Å². The average Bonchev–Trinajstić information content (AvgIpc) is 2.78. The molecule has 0 aliphatic heterocycles. The molecule has 0 saturated heterocycles. The number of anilines is 1. The lowest BCUT2D eigenvalue weighted by Gasteiger charge is -2.32. The molecule has 0 radical (unpaired) electrons. The van der Waals surface area contributed by atoms with Gasteiger partial charge in [0.1, 0.15) is 6.04 Å². The van der Waals surface area contributed by atoms with Crippen molar-refractivity contribution in [3.8, 4) is 0 Å². The maximum absolute atomic E-state index is 13.3. The number of carbonyl (C=O) groups is 2. The van der Waals surface area contributed by atoms with Gasteiger partial charge in [-0.3, -0.25) is 13.9 Å². The number of nitrogens with one attached hydrogen (secondary N) is 1. The largest absolute Gasteiger partial charge is 0.416 e. The summed E-state index contributed by atoms with van der Waals surface area (Å²) < 4.78 is 65.1. The summed E-state index contributed by atoms with van der Waals surface area (Å²) in [5, 5.41) is 3.36. The molecular formula is C26H33ClF3N3O4S. The first-order valence-electron chi connectivity index (χ1n) is 11.9. The normalized spacial score (nSPS) is 13.1. The fourth-order valence-electron chi connectivity index (χ4n) is 3.68. The van der Waals surface area contributed by atoms with Crippen molar-refractivity contribution in [1.29, 1.82) is 0 Å². The molecule has 2 amide bonds. The summed E-state index contributed by atoms with van der Waals surface area (Å²) >= 11 is 5.96. The molecule has 0 spiro atoms. The van der Waals surface area contributed by atoms with Gasteiger partial charge >= 0.3 is 6.18 Å². The lowest BCUT2D eigenvalue weighted by atomic mass is 10.1. The van der Waals surface area contributed by atoms with Gasteiger partial charge in [-0.2, -0.15) is 13.2 Å². The molecule has 12 heteroatoms. The van der Waals surface area contributed by atoms with Crippen LogP contribution in [0, 0.1) is 0 Å². The highest BCUT2D eigenvalue weighted by atomic mass is 35.5. The number of rotatable bonds is 10. The standard InChI is InChI=1S/C26H33ClF3N3O4S/c1-18(24(35)31-25(2,3)4)32(17-19-11-13-21(27)14-12-19)23(34)10-7-15-33(38(5,36)37)22-9-6-8-20(16-22)26(28,29)30/h6,8-9,11-14,16,18H,7,10,15,17H2,1-5H3,(H,31,35). The van der Waals surface area contributed by atoms with Crippen LogP contribution in [0.4, 0.5) is 18.9 Å². The molecule has 210 valence electrons. The van der Waals surface area contributed by atoms with Gasteiger partial charge in [0.25, 0.3) is 0 Å². The van der Waals surface area contributed by atoms with Crippen molar-refractivity contribution >= 4 is 39.1 Å². The van der Waals surface area contributed by atoms with E-state index in [0.29, 0.717) is 5.02 Å². The minimum atomic E-state index is -4.64. The SMILES string of the molecule is CC(C(=O)NC(C)(C)C)N(Cc1ccc(Cl)cc1)C(=O)CCCN(c1cccc(C(F)(F)F)c1)S(C)(=O)=O. The van der Waals surface area contributed by atoms with Gasteiger partial charge in [-0.05, 0) is 70.0 Å². The molecule has 2 rings (SSSR count). The molecule has 0 heterocycles. The van der Waals surface area contributed by atoms with Crippen molar-refractivity contribution in [3.63, 3.8) is 0 Å². The van der Waals surface area contributed by atoms with Crippen LogP contribution in [0.3, 0.4) is 0 Å². The Hall–Kier alpha value is -2.79. The maximum Gasteiger partial charge on any atom is 0.416 e. The number of carbonyl (C=O) groups excluding carboxylic acids is 2. The van der Waals surface area contributed by atoms with Crippen molar-refractivity contribution < 1.29 is 31.2 Å². The van der Waals surface area contributed by atoms with Crippen LogP contribution in [0.15, 0.2) is 48.5 Å². The van der Waals surface area contributed by atoms with E-state index < -0.39 is 39.3 Å². The van der Waals surface area contributed by atoms with Crippen LogP contribution in [0.1, 0.15) is 51.7 Å². The Balaban J connectivity index is 2.23. The minimum absolute atomic E-state index is 0.0207. The summed E-state index contributed by atoms with van der Waals surface area (Å²) in [4.78, 5) is 27.5. The van der Waals surface area contributed by atoms with Gasteiger partial charge < -0.3 is 10.2 Å². The Kier molecular flexibility index (Phi) is 10.2. The van der Waals surface area contributed by atoms with Crippen molar-refractivity contribution in [1.82, 2.24) is 10.2 Å². The number of halogens is 4. The Labute approximate surface area is 227 Å². The number of benzene rings is 2. The Morgan fingerprint density at radius 1 is 1.05 bits per heavy atom. The molecule has 2 aromatic carbocycles. The second kappa shape index (κ2) is 12.4. The molecule has 1 atom stereocenters. The number of nitrogens with zero attached hydrogens (tertiary/aromatic N) is 2. The third-order valence-corrected chi connectivity index (χ3v) is 6.99. The second-order valence-electron chi connectivity index (χ2n) is 10.1. The van der Waals surface area contributed by atoms with Crippen molar-refractivity contribution in [3.05, 3.63) is 64.7 Å². The Morgan fingerprint density at radius 3 is 2.18 bits per heavy atom. The van der Waals surface area contributed by atoms with Gasteiger partial charge in [0.2, 0.25) is 21.8 Å². The van der Waals surface area contributed by atoms with Gasteiger partial charge in [0.05, 0.1) is 17.5 Å². The number of sulfonamides is 1. The second-order valence-corrected chi connectivity index (χ2v) is 12.4. The van der Waals surface area contributed by atoms with Crippen molar-refractivity contribution in [2.45, 2.75) is 64.8 Å². The summed E-state index contributed by atoms with van der Waals surface area (Å²) in [5.41, 5.74) is -0.917. The quantitative estimate of drug-likeness (QED) is 0.420. The van der Waals surface area contributed by atoms with E-state index >= 15 is 0 Å². The van der Waals surface area contributed by atoms with E-state index in [2.05, 4.69) is 5.32 Å². The minimum Gasteiger partial charge on any atom is -0.350 e. The summed E-state index contributed by atoms with van der Waals surface area (Å²) in [6, 6.07) is 9.96. The topological polar surface area (TPSA) is 86.8 Å². The van der Waals surface area contributed by atoms with Crippen LogP contribution < -0.4 is 9.62 Å². The van der Waals surface area contributed by atoms with Crippen LogP contribution in [0.5, 0.6) is 0 Å². The third-order valence-electron chi connectivity index (χ3n) is 5.55. The van der Waals surface area contributed by atoms with E-state index in [9.17, 15) is 31.2 Å². The Morgan fingerprint density at radius 2 is 1.66 bits per heavy atom. The molecular weight excluding hydrogens is 543 g/mol. The van der Waals surface area contributed by atoms with Crippen molar-refractivity contribution in [2.75, 3.05) is 17.1 Å². The van der Waals surface area contributed by atoms with Crippen LogP contribution >= 0.6 is 11.6 Å². The summed E-state index contributed by atoms with van der Waals surface area (Å²) in [7, 11) is -3.94. The number of hydrogen-bond acceptors (Lipinski definition) is 4. The lowest BCUT2D eigenvalue weighted by Crippen LogP contribution is -2.52. The lowest BCUT2D eigenvalue weighted by molar-refractivity contribution is -0.141. The first-order chi connectivity index (χ1) is 17.4. The van der Waals surface area contributed by atoms with Crippen molar-refractivity contribution in [2.24, 2.45) is 0 Å². The van der Waals surface area contributed by atoms with Crippen LogP contribution in [0.25, 0.3) is 0 Å². The van der Waals surface area contributed by atoms with E-state index in [1.165, 1.54) is 11.0 Å². The zero-order valence-electron chi connectivity index (χ0n) is 22.0. The molecule has 0 bridgehead atoms. The van der Waals surface area contributed by atoms with Gasteiger partial charge in [0.15, 0.2) is 0 Å². The number of hydrogen-bond donors (Lipinski definition) is 1. The maximum atomic E-state index is 13.3. The highest BCUT2D eigenvalue weighted by molar-refractivity contribution is 7.92. The fourth-order valence-corrected chi connectivity index (χ4v) is 4.77. The molecule has 0 aliphatic rings. The predicted octanol–water partition coefficient (Wildman–Crippen LogP) is 5.24. The van der Waals surface area contributed by atoms with Gasteiger partial charge in [0, 0.05) is 30.1 Å². The highest BCUT2D eigenvalue weighted by Crippen LogP contribution is 2.32. The molecule has 38 heavy (non-hydrogen) atoms.